The minimum Gasteiger partial charge on any atom is -0.383 e. The van der Waals surface area contributed by atoms with Crippen molar-refractivity contribution in [3.8, 4) is 0 Å². The number of methoxy groups -OCH3 is 1. The number of hydrogen-bond donors (Lipinski definition) is 1. The molecule has 1 aromatic rings. The van der Waals surface area contributed by atoms with E-state index in [-0.39, 0.29) is 0 Å². The van der Waals surface area contributed by atoms with Gasteiger partial charge in [-0.05, 0) is 25.5 Å². The lowest BCUT2D eigenvalue weighted by Crippen LogP contribution is -2.33. The van der Waals surface area contributed by atoms with Crippen molar-refractivity contribution in [2.24, 2.45) is 0 Å². The minimum atomic E-state index is 0.495. The molecule has 0 fully saturated rings. The maximum absolute atomic E-state index is 5.16. The molecule has 1 aromatic heterocycles. The van der Waals surface area contributed by atoms with Gasteiger partial charge in [-0.3, -0.25) is 9.88 Å². The molecule has 1 heterocycles. The van der Waals surface area contributed by atoms with Crippen molar-refractivity contribution in [2.75, 3.05) is 20.3 Å². The van der Waals surface area contributed by atoms with Crippen molar-refractivity contribution in [1.29, 1.82) is 0 Å². The van der Waals surface area contributed by atoms with Crippen molar-refractivity contribution in [1.82, 2.24) is 15.2 Å². The third-order valence-corrected chi connectivity index (χ3v) is 3.28. The molecule has 20 heavy (non-hydrogen) atoms. The number of hydrogen-bond acceptors (Lipinski definition) is 4. The third kappa shape index (κ3) is 6.46. The molecule has 1 N–H and O–H groups in total. The molecule has 0 aliphatic carbocycles. The Hall–Kier alpha value is -0.970. The second-order valence-corrected chi connectivity index (χ2v) is 5.75. The Balaban J connectivity index is 2.53. The molecule has 0 bridgehead atoms. The van der Waals surface area contributed by atoms with Crippen LogP contribution >= 0.6 is 0 Å². The van der Waals surface area contributed by atoms with Crippen LogP contribution in [0.4, 0.5) is 0 Å². The highest BCUT2D eigenvalue weighted by molar-refractivity contribution is 5.14. The molecule has 0 amide bonds. The van der Waals surface area contributed by atoms with Gasteiger partial charge < -0.3 is 10.1 Å². The Bertz CT molecular complexity index is 362. The molecule has 0 radical (unpaired) electrons. The largest absolute Gasteiger partial charge is 0.383 e. The van der Waals surface area contributed by atoms with Crippen LogP contribution in [0.3, 0.4) is 0 Å². The number of ether oxygens (including phenoxy) is 1. The first-order valence-electron chi connectivity index (χ1n) is 7.43. The molecule has 0 atom stereocenters. The molecule has 4 heteroatoms. The van der Waals surface area contributed by atoms with Crippen LogP contribution in [0.5, 0.6) is 0 Å². The van der Waals surface area contributed by atoms with Gasteiger partial charge in [-0.25, -0.2) is 0 Å². The Morgan fingerprint density at radius 3 is 2.50 bits per heavy atom. The van der Waals surface area contributed by atoms with Gasteiger partial charge in [-0.2, -0.15) is 0 Å². The minimum absolute atomic E-state index is 0.495. The molecule has 0 unspecified atom stereocenters. The molecule has 0 saturated carbocycles. The molecule has 0 aliphatic heterocycles. The van der Waals surface area contributed by atoms with Gasteiger partial charge in [0, 0.05) is 45.0 Å². The van der Waals surface area contributed by atoms with Gasteiger partial charge in [0.25, 0.3) is 0 Å². The van der Waals surface area contributed by atoms with E-state index in [9.17, 15) is 0 Å². The fourth-order valence-electron chi connectivity index (χ4n) is 1.91. The maximum Gasteiger partial charge on any atom is 0.0589 e. The van der Waals surface area contributed by atoms with E-state index in [1.165, 1.54) is 5.56 Å². The zero-order valence-electron chi connectivity index (χ0n) is 13.5. The van der Waals surface area contributed by atoms with Gasteiger partial charge in [0.2, 0.25) is 0 Å². The first-order valence-corrected chi connectivity index (χ1v) is 7.43. The van der Waals surface area contributed by atoms with Crippen molar-refractivity contribution in [2.45, 2.75) is 52.9 Å². The molecule has 0 spiro atoms. The van der Waals surface area contributed by atoms with E-state index in [0.29, 0.717) is 12.1 Å². The third-order valence-electron chi connectivity index (χ3n) is 3.28. The summed E-state index contributed by atoms with van der Waals surface area (Å²) in [6, 6.07) is 5.28. The maximum atomic E-state index is 5.16. The first-order chi connectivity index (χ1) is 9.52. The van der Waals surface area contributed by atoms with E-state index in [2.05, 4.69) is 55.0 Å². The number of nitrogens with zero attached hydrogens (tertiary/aromatic N) is 2. The normalized spacial score (nSPS) is 11.8. The Kier molecular flexibility index (Phi) is 7.73. The Morgan fingerprint density at radius 1 is 1.25 bits per heavy atom. The summed E-state index contributed by atoms with van der Waals surface area (Å²) in [5.41, 5.74) is 2.35. The molecular weight excluding hydrogens is 250 g/mol. The Labute approximate surface area is 123 Å². The summed E-state index contributed by atoms with van der Waals surface area (Å²) in [6.45, 7) is 12.2. The smallest absolute Gasteiger partial charge is 0.0589 e. The summed E-state index contributed by atoms with van der Waals surface area (Å²) in [4.78, 5) is 6.94. The van der Waals surface area contributed by atoms with Crippen LogP contribution in [0.1, 0.15) is 39.0 Å². The van der Waals surface area contributed by atoms with Crippen LogP contribution in [-0.4, -0.2) is 42.2 Å². The summed E-state index contributed by atoms with van der Waals surface area (Å²) < 4.78 is 5.16. The van der Waals surface area contributed by atoms with Crippen LogP contribution in [0.2, 0.25) is 0 Å². The van der Waals surface area contributed by atoms with Crippen molar-refractivity contribution < 1.29 is 4.74 Å². The zero-order chi connectivity index (χ0) is 15.0. The van der Waals surface area contributed by atoms with Crippen LogP contribution in [-0.2, 0) is 17.8 Å². The van der Waals surface area contributed by atoms with Gasteiger partial charge in [0.05, 0.1) is 12.3 Å². The van der Waals surface area contributed by atoms with Crippen LogP contribution in [0, 0.1) is 0 Å². The number of nitrogens with one attached hydrogen (secondary N) is 1. The summed E-state index contributed by atoms with van der Waals surface area (Å²) in [5.74, 6) is 0. The highest BCUT2D eigenvalue weighted by Crippen LogP contribution is 2.07. The molecule has 114 valence electrons. The van der Waals surface area contributed by atoms with E-state index in [1.54, 1.807) is 7.11 Å². The van der Waals surface area contributed by atoms with Crippen molar-refractivity contribution >= 4 is 0 Å². The van der Waals surface area contributed by atoms with Gasteiger partial charge >= 0.3 is 0 Å². The predicted molar refractivity (Wildman–Crippen MR) is 83.6 cm³/mol. The molecule has 0 aromatic carbocycles. The highest BCUT2D eigenvalue weighted by Gasteiger charge is 2.10. The van der Waals surface area contributed by atoms with E-state index in [1.807, 2.05) is 6.20 Å². The molecule has 1 rings (SSSR count). The Morgan fingerprint density at radius 2 is 2.00 bits per heavy atom. The highest BCUT2D eigenvalue weighted by atomic mass is 16.5. The van der Waals surface area contributed by atoms with Gasteiger partial charge in [-0.15, -0.1) is 0 Å². The second-order valence-electron chi connectivity index (χ2n) is 5.75. The van der Waals surface area contributed by atoms with Gasteiger partial charge in [0.1, 0.15) is 0 Å². The first kappa shape index (κ1) is 17.1. The standard InChI is InChI=1S/C16H29N3O/c1-13(2)17-10-15-6-7-16(18-11-15)12-19(14(3)4)8-9-20-5/h6-7,11,13-14,17H,8-10,12H2,1-5H3. The lowest BCUT2D eigenvalue weighted by atomic mass is 10.2. The van der Waals surface area contributed by atoms with Gasteiger partial charge in [0.15, 0.2) is 0 Å². The lowest BCUT2D eigenvalue weighted by molar-refractivity contribution is 0.124. The summed E-state index contributed by atoms with van der Waals surface area (Å²) in [6.07, 6.45) is 1.97. The van der Waals surface area contributed by atoms with E-state index in [0.717, 1.165) is 31.9 Å². The summed E-state index contributed by atoms with van der Waals surface area (Å²) in [7, 11) is 1.74. The second kappa shape index (κ2) is 9.06. The number of rotatable bonds is 9. The van der Waals surface area contributed by atoms with Crippen molar-refractivity contribution in [3.05, 3.63) is 29.6 Å². The van der Waals surface area contributed by atoms with E-state index in [4.69, 9.17) is 4.74 Å². The van der Waals surface area contributed by atoms with E-state index >= 15 is 0 Å². The fourth-order valence-corrected chi connectivity index (χ4v) is 1.91. The topological polar surface area (TPSA) is 37.4 Å². The quantitative estimate of drug-likeness (QED) is 0.753. The molecule has 0 aliphatic rings. The van der Waals surface area contributed by atoms with Crippen LogP contribution in [0.15, 0.2) is 18.3 Å². The monoisotopic (exact) mass is 279 g/mol. The average molecular weight is 279 g/mol. The van der Waals surface area contributed by atoms with Gasteiger partial charge in [-0.1, -0.05) is 19.9 Å². The number of pyridine rings is 1. The average Bonchev–Trinajstić information content (AvgIpc) is 2.42. The van der Waals surface area contributed by atoms with Crippen LogP contribution in [0.25, 0.3) is 0 Å². The predicted octanol–water partition coefficient (Wildman–Crippen LogP) is 2.44. The van der Waals surface area contributed by atoms with E-state index < -0.39 is 0 Å². The fraction of sp³-hybridized carbons (Fsp3) is 0.688. The molecule has 0 saturated heterocycles. The summed E-state index contributed by atoms with van der Waals surface area (Å²) >= 11 is 0. The number of aromatic nitrogens is 1. The van der Waals surface area contributed by atoms with Crippen LogP contribution < -0.4 is 5.32 Å². The molecular formula is C16H29N3O. The SMILES string of the molecule is COCCN(Cc1ccc(CNC(C)C)cn1)C(C)C. The lowest BCUT2D eigenvalue weighted by Gasteiger charge is -2.25. The molecule has 4 nitrogen and oxygen atoms in total. The van der Waals surface area contributed by atoms with Crippen molar-refractivity contribution in [3.63, 3.8) is 0 Å². The zero-order valence-corrected chi connectivity index (χ0v) is 13.5. The summed E-state index contributed by atoms with van der Waals surface area (Å²) in [5, 5.41) is 3.40.